The zero-order chi connectivity index (χ0) is 12.2. The van der Waals surface area contributed by atoms with Crippen LogP contribution in [-0.4, -0.2) is 0 Å². The third kappa shape index (κ3) is 1.67. The van der Waals surface area contributed by atoms with Gasteiger partial charge in [0.15, 0.2) is 0 Å². The molecule has 0 bridgehead atoms. The predicted octanol–water partition coefficient (Wildman–Crippen LogP) is 3.95. The van der Waals surface area contributed by atoms with E-state index in [1.807, 2.05) is 12.1 Å². The van der Waals surface area contributed by atoms with Crippen molar-refractivity contribution in [1.29, 1.82) is 0 Å². The lowest BCUT2D eigenvalue weighted by Crippen LogP contribution is -1.89. The van der Waals surface area contributed by atoms with Crippen LogP contribution < -0.4 is 11.5 Å². The molecule has 0 saturated heterocycles. The Morgan fingerprint density at radius 3 is 1.59 bits per heavy atom. The zero-order valence-corrected chi connectivity index (χ0v) is 12.1. The monoisotopic (exact) mass is 352 g/mol. The van der Waals surface area contributed by atoms with Crippen LogP contribution in [0.1, 0.15) is 11.1 Å². The lowest BCUT2D eigenvalue weighted by molar-refractivity contribution is 1.26. The van der Waals surface area contributed by atoms with Gasteiger partial charge >= 0.3 is 0 Å². The van der Waals surface area contributed by atoms with E-state index in [9.17, 15) is 0 Å². The first-order chi connectivity index (χ1) is 8.06. The van der Waals surface area contributed by atoms with E-state index in [1.54, 1.807) is 0 Å². The van der Waals surface area contributed by atoms with Gasteiger partial charge in [0.25, 0.3) is 0 Å². The standard InChI is InChI=1S/C13H10Br2N2/c14-10-4-8-6(2-12(10)16)1-7-3-13(17)11(15)5-9(7)8/h2-5H,1,16-17H2. The second-order valence-corrected chi connectivity index (χ2v) is 5.95. The summed E-state index contributed by atoms with van der Waals surface area (Å²) in [5.41, 5.74) is 18.4. The van der Waals surface area contributed by atoms with Crippen molar-refractivity contribution >= 4 is 43.2 Å². The van der Waals surface area contributed by atoms with Crippen LogP contribution in [0.5, 0.6) is 0 Å². The normalized spacial score (nSPS) is 12.4. The first kappa shape index (κ1) is 11.1. The summed E-state index contributed by atoms with van der Waals surface area (Å²) in [6.45, 7) is 0. The van der Waals surface area contributed by atoms with Gasteiger partial charge < -0.3 is 11.5 Å². The van der Waals surface area contributed by atoms with Crippen molar-refractivity contribution in [1.82, 2.24) is 0 Å². The summed E-state index contributed by atoms with van der Waals surface area (Å²) in [6, 6.07) is 8.23. The first-order valence-electron chi connectivity index (χ1n) is 5.22. The topological polar surface area (TPSA) is 52.0 Å². The highest BCUT2D eigenvalue weighted by Crippen LogP contribution is 2.42. The molecule has 0 amide bonds. The Bertz CT molecular complexity index is 580. The predicted molar refractivity (Wildman–Crippen MR) is 78.9 cm³/mol. The molecule has 0 unspecified atom stereocenters. The van der Waals surface area contributed by atoms with E-state index < -0.39 is 0 Å². The van der Waals surface area contributed by atoms with Gasteiger partial charge in [-0.2, -0.15) is 0 Å². The van der Waals surface area contributed by atoms with E-state index in [0.717, 1.165) is 26.7 Å². The van der Waals surface area contributed by atoms with Crippen molar-refractivity contribution in [3.8, 4) is 11.1 Å². The number of fused-ring (bicyclic) bond motifs is 3. The van der Waals surface area contributed by atoms with E-state index in [2.05, 4.69) is 44.0 Å². The summed E-state index contributed by atoms with van der Waals surface area (Å²) < 4.78 is 1.88. The summed E-state index contributed by atoms with van der Waals surface area (Å²) in [6.07, 6.45) is 0.902. The maximum atomic E-state index is 5.91. The summed E-state index contributed by atoms with van der Waals surface area (Å²) in [4.78, 5) is 0. The fourth-order valence-electron chi connectivity index (χ4n) is 2.27. The molecule has 0 aromatic heterocycles. The van der Waals surface area contributed by atoms with E-state index in [1.165, 1.54) is 22.3 Å². The third-order valence-corrected chi connectivity index (χ3v) is 4.49. The van der Waals surface area contributed by atoms with Crippen molar-refractivity contribution in [3.63, 3.8) is 0 Å². The van der Waals surface area contributed by atoms with Gasteiger partial charge in [-0.1, -0.05) is 0 Å². The number of anilines is 2. The Morgan fingerprint density at radius 2 is 1.18 bits per heavy atom. The number of rotatable bonds is 0. The molecule has 0 heterocycles. The van der Waals surface area contributed by atoms with Crippen LogP contribution in [0.2, 0.25) is 0 Å². The third-order valence-electron chi connectivity index (χ3n) is 3.12. The zero-order valence-electron chi connectivity index (χ0n) is 8.93. The van der Waals surface area contributed by atoms with Gasteiger partial charge in [0, 0.05) is 20.3 Å². The molecule has 0 fully saturated rings. The molecule has 4 heteroatoms. The minimum atomic E-state index is 0.781. The number of halogens is 2. The molecule has 4 N–H and O–H groups in total. The highest BCUT2D eigenvalue weighted by atomic mass is 79.9. The second-order valence-electron chi connectivity index (χ2n) is 4.24. The van der Waals surface area contributed by atoms with Crippen molar-refractivity contribution in [2.45, 2.75) is 6.42 Å². The fourth-order valence-corrected chi connectivity index (χ4v) is 2.96. The lowest BCUT2D eigenvalue weighted by Gasteiger charge is -2.06. The Kier molecular flexibility index (Phi) is 2.45. The van der Waals surface area contributed by atoms with Crippen LogP contribution in [0.3, 0.4) is 0 Å². The largest absolute Gasteiger partial charge is 0.398 e. The van der Waals surface area contributed by atoms with Gasteiger partial charge in [-0.3, -0.25) is 0 Å². The SMILES string of the molecule is Nc1cc2c(cc1Br)-c1cc(Br)c(N)cc1C2. The number of hydrogen-bond acceptors (Lipinski definition) is 2. The van der Waals surface area contributed by atoms with Crippen LogP contribution >= 0.6 is 31.9 Å². The van der Waals surface area contributed by atoms with Crippen molar-refractivity contribution in [3.05, 3.63) is 44.3 Å². The lowest BCUT2D eigenvalue weighted by atomic mass is 10.1. The maximum Gasteiger partial charge on any atom is 0.0461 e. The molecule has 0 atom stereocenters. The van der Waals surface area contributed by atoms with Crippen LogP contribution in [0.15, 0.2) is 33.2 Å². The highest BCUT2D eigenvalue weighted by molar-refractivity contribution is 9.11. The molecule has 1 aliphatic rings. The molecule has 17 heavy (non-hydrogen) atoms. The van der Waals surface area contributed by atoms with Crippen molar-refractivity contribution < 1.29 is 0 Å². The summed E-state index contributed by atoms with van der Waals surface area (Å²) in [7, 11) is 0. The average molecular weight is 354 g/mol. The molecular formula is C13H10Br2N2. The Hall–Kier alpha value is -1.00. The molecule has 1 aliphatic carbocycles. The Balaban J connectivity index is 2.27. The first-order valence-corrected chi connectivity index (χ1v) is 6.81. The Labute approximate surface area is 116 Å². The smallest absolute Gasteiger partial charge is 0.0461 e. The quantitative estimate of drug-likeness (QED) is 0.601. The summed E-state index contributed by atoms with van der Waals surface area (Å²) in [5, 5.41) is 0. The highest BCUT2D eigenvalue weighted by Gasteiger charge is 2.20. The van der Waals surface area contributed by atoms with Gasteiger partial charge in [-0.25, -0.2) is 0 Å². The van der Waals surface area contributed by atoms with E-state index in [-0.39, 0.29) is 0 Å². The fraction of sp³-hybridized carbons (Fsp3) is 0.0769. The molecule has 0 spiro atoms. The van der Waals surface area contributed by atoms with Crippen molar-refractivity contribution in [2.75, 3.05) is 11.5 Å². The summed E-state index contributed by atoms with van der Waals surface area (Å²) in [5.74, 6) is 0. The van der Waals surface area contributed by atoms with Gasteiger partial charge in [0.2, 0.25) is 0 Å². The van der Waals surface area contributed by atoms with Crippen LogP contribution in [0.25, 0.3) is 11.1 Å². The van der Waals surface area contributed by atoms with Gasteiger partial charge in [-0.05, 0) is 84.8 Å². The molecule has 2 nitrogen and oxygen atoms in total. The van der Waals surface area contributed by atoms with Crippen molar-refractivity contribution in [2.24, 2.45) is 0 Å². The molecule has 0 aliphatic heterocycles. The molecule has 0 saturated carbocycles. The number of benzene rings is 2. The minimum Gasteiger partial charge on any atom is -0.398 e. The van der Waals surface area contributed by atoms with E-state index in [4.69, 9.17) is 11.5 Å². The minimum absolute atomic E-state index is 0.781. The molecule has 0 radical (unpaired) electrons. The van der Waals surface area contributed by atoms with Crippen LogP contribution in [0.4, 0.5) is 11.4 Å². The maximum absolute atomic E-state index is 5.91. The number of nitrogen functional groups attached to an aromatic ring is 2. The van der Waals surface area contributed by atoms with Gasteiger partial charge in [-0.15, -0.1) is 0 Å². The molecule has 3 rings (SSSR count). The number of nitrogens with two attached hydrogens (primary N) is 2. The second kappa shape index (κ2) is 3.75. The number of hydrogen-bond donors (Lipinski definition) is 2. The summed E-state index contributed by atoms with van der Waals surface area (Å²) >= 11 is 6.94. The van der Waals surface area contributed by atoms with Gasteiger partial charge in [0.1, 0.15) is 0 Å². The molecular weight excluding hydrogens is 344 g/mol. The van der Waals surface area contributed by atoms with Crippen LogP contribution in [0, 0.1) is 0 Å². The molecule has 2 aromatic rings. The van der Waals surface area contributed by atoms with E-state index in [0.29, 0.717) is 0 Å². The molecule has 86 valence electrons. The van der Waals surface area contributed by atoms with Crippen LogP contribution in [-0.2, 0) is 6.42 Å². The van der Waals surface area contributed by atoms with Gasteiger partial charge in [0.05, 0.1) is 0 Å². The Morgan fingerprint density at radius 1 is 0.765 bits per heavy atom. The average Bonchev–Trinajstić information content (AvgIpc) is 2.58. The molecule has 2 aromatic carbocycles. The van der Waals surface area contributed by atoms with E-state index >= 15 is 0 Å².